The highest BCUT2D eigenvalue weighted by Gasteiger charge is 2.11. The number of aromatic nitrogens is 3. The summed E-state index contributed by atoms with van der Waals surface area (Å²) in [6, 6.07) is 4.94. The molecule has 1 atom stereocenters. The standard InChI is InChI=1S/C14H12BrFN4O/c1-7(8-2-9(16)6-17-5-8)18-11-4-13-12(3-10(11)15)19-14(21)20-13/h2-7,18H,1H3,(H2,19,20,21). The van der Waals surface area contributed by atoms with Gasteiger partial charge in [-0.15, -0.1) is 0 Å². The van der Waals surface area contributed by atoms with E-state index in [0.717, 1.165) is 21.2 Å². The molecule has 21 heavy (non-hydrogen) atoms. The predicted molar refractivity (Wildman–Crippen MR) is 82.9 cm³/mol. The molecule has 108 valence electrons. The molecular formula is C14H12BrFN4O. The number of H-pyrrole nitrogens is 2. The Morgan fingerprint density at radius 1 is 1.24 bits per heavy atom. The zero-order valence-corrected chi connectivity index (χ0v) is 12.7. The minimum atomic E-state index is -0.370. The summed E-state index contributed by atoms with van der Waals surface area (Å²) in [5.41, 5.74) is 2.71. The summed E-state index contributed by atoms with van der Waals surface area (Å²) < 4.78 is 14.0. The lowest BCUT2D eigenvalue weighted by Crippen LogP contribution is -2.07. The van der Waals surface area contributed by atoms with Gasteiger partial charge in [0.1, 0.15) is 5.82 Å². The Labute approximate surface area is 127 Å². The van der Waals surface area contributed by atoms with Crippen LogP contribution in [0.15, 0.2) is 39.9 Å². The maximum Gasteiger partial charge on any atom is 0.323 e. The van der Waals surface area contributed by atoms with Gasteiger partial charge in [-0.05, 0) is 46.6 Å². The molecule has 3 rings (SSSR count). The first-order valence-electron chi connectivity index (χ1n) is 6.31. The van der Waals surface area contributed by atoms with Crippen LogP contribution in [-0.4, -0.2) is 15.0 Å². The number of hydrogen-bond donors (Lipinski definition) is 3. The van der Waals surface area contributed by atoms with E-state index in [0.29, 0.717) is 5.52 Å². The molecule has 3 N–H and O–H groups in total. The van der Waals surface area contributed by atoms with Crippen LogP contribution in [0.1, 0.15) is 18.5 Å². The van der Waals surface area contributed by atoms with E-state index in [-0.39, 0.29) is 17.5 Å². The van der Waals surface area contributed by atoms with E-state index in [1.54, 1.807) is 6.20 Å². The molecule has 0 saturated heterocycles. The van der Waals surface area contributed by atoms with Crippen molar-refractivity contribution in [2.45, 2.75) is 13.0 Å². The fourth-order valence-electron chi connectivity index (χ4n) is 2.15. The van der Waals surface area contributed by atoms with Crippen LogP contribution >= 0.6 is 15.9 Å². The molecular weight excluding hydrogens is 339 g/mol. The number of imidazole rings is 1. The number of benzene rings is 1. The second kappa shape index (κ2) is 5.33. The Hall–Kier alpha value is -2.15. The number of nitrogens with zero attached hydrogens (tertiary/aromatic N) is 1. The second-order valence-corrected chi connectivity index (χ2v) is 5.61. The Balaban J connectivity index is 1.93. The number of aromatic amines is 2. The van der Waals surface area contributed by atoms with Crippen molar-refractivity contribution < 1.29 is 4.39 Å². The van der Waals surface area contributed by atoms with Crippen molar-refractivity contribution in [3.63, 3.8) is 0 Å². The number of hydrogen-bond acceptors (Lipinski definition) is 3. The first-order chi connectivity index (χ1) is 10.0. The van der Waals surface area contributed by atoms with Crippen LogP contribution in [0.2, 0.25) is 0 Å². The summed E-state index contributed by atoms with van der Waals surface area (Å²) in [6.07, 6.45) is 2.79. The molecule has 5 nitrogen and oxygen atoms in total. The number of rotatable bonds is 3. The maximum atomic E-state index is 13.2. The third kappa shape index (κ3) is 2.82. The van der Waals surface area contributed by atoms with E-state index in [1.165, 1.54) is 12.3 Å². The van der Waals surface area contributed by atoms with E-state index in [1.807, 2.05) is 19.1 Å². The molecule has 0 radical (unpaired) electrons. The van der Waals surface area contributed by atoms with Crippen molar-refractivity contribution in [2.24, 2.45) is 0 Å². The zero-order chi connectivity index (χ0) is 15.0. The van der Waals surface area contributed by atoms with Gasteiger partial charge in [-0.3, -0.25) is 4.98 Å². The summed E-state index contributed by atoms with van der Waals surface area (Å²) in [5, 5.41) is 3.27. The first kappa shape index (κ1) is 13.8. The smallest absolute Gasteiger partial charge is 0.323 e. The van der Waals surface area contributed by atoms with Gasteiger partial charge in [0, 0.05) is 10.7 Å². The lowest BCUT2D eigenvalue weighted by Gasteiger charge is -2.16. The SMILES string of the molecule is CC(Nc1cc2[nH]c(=O)[nH]c2cc1Br)c1cncc(F)c1. The van der Waals surface area contributed by atoms with E-state index in [4.69, 9.17) is 0 Å². The van der Waals surface area contributed by atoms with Crippen LogP contribution in [0.4, 0.5) is 10.1 Å². The second-order valence-electron chi connectivity index (χ2n) is 4.76. The molecule has 0 saturated carbocycles. The van der Waals surface area contributed by atoms with Crippen LogP contribution < -0.4 is 11.0 Å². The minimum Gasteiger partial charge on any atom is -0.377 e. The number of anilines is 1. The van der Waals surface area contributed by atoms with Crippen LogP contribution in [0.25, 0.3) is 11.0 Å². The first-order valence-corrected chi connectivity index (χ1v) is 7.11. The monoisotopic (exact) mass is 350 g/mol. The van der Waals surface area contributed by atoms with E-state index in [2.05, 4.69) is 36.2 Å². The summed E-state index contributed by atoms with van der Waals surface area (Å²) in [7, 11) is 0. The highest BCUT2D eigenvalue weighted by molar-refractivity contribution is 9.10. The van der Waals surface area contributed by atoms with Crippen molar-refractivity contribution in [3.8, 4) is 0 Å². The van der Waals surface area contributed by atoms with Gasteiger partial charge in [-0.2, -0.15) is 0 Å². The molecule has 7 heteroatoms. The molecule has 2 aromatic heterocycles. The molecule has 2 heterocycles. The molecule has 0 spiro atoms. The topological polar surface area (TPSA) is 73.6 Å². The minimum absolute atomic E-state index is 0.132. The van der Waals surface area contributed by atoms with Gasteiger partial charge in [-0.1, -0.05) is 0 Å². The van der Waals surface area contributed by atoms with Gasteiger partial charge in [0.2, 0.25) is 0 Å². The molecule has 0 amide bonds. The van der Waals surface area contributed by atoms with E-state index in [9.17, 15) is 9.18 Å². The Bertz CT molecular complexity index is 858. The third-order valence-electron chi connectivity index (χ3n) is 3.20. The number of fused-ring (bicyclic) bond motifs is 1. The van der Waals surface area contributed by atoms with Crippen molar-refractivity contribution >= 4 is 32.7 Å². The molecule has 0 bridgehead atoms. The molecule has 0 aliphatic carbocycles. The van der Waals surface area contributed by atoms with Gasteiger partial charge in [0.25, 0.3) is 0 Å². The van der Waals surface area contributed by atoms with Crippen molar-refractivity contribution in [1.82, 2.24) is 15.0 Å². The highest BCUT2D eigenvalue weighted by atomic mass is 79.9. The van der Waals surface area contributed by atoms with Crippen molar-refractivity contribution in [2.75, 3.05) is 5.32 Å². The molecule has 0 aliphatic rings. The van der Waals surface area contributed by atoms with Crippen LogP contribution in [0, 0.1) is 5.82 Å². The van der Waals surface area contributed by atoms with Gasteiger partial charge < -0.3 is 15.3 Å². The van der Waals surface area contributed by atoms with Crippen LogP contribution in [0.3, 0.4) is 0 Å². The van der Waals surface area contributed by atoms with Crippen LogP contribution in [0.5, 0.6) is 0 Å². The third-order valence-corrected chi connectivity index (χ3v) is 3.86. The largest absolute Gasteiger partial charge is 0.377 e. The quantitative estimate of drug-likeness (QED) is 0.678. The lowest BCUT2D eigenvalue weighted by molar-refractivity contribution is 0.616. The predicted octanol–water partition coefficient (Wildman–Crippen LogP) is 3.33. The maximum absolute atomic E-state index is 13.2. The molecule has 0 fully saturated rings. The normalized spacial score (nSPS) is 12.5. The summed E-state index contributed by atoms with van der Waals surface area (Å²) in [5.74, 6) is -0.370. The van der Waals surface area contributed by atoms with E-state index < -0.39 is 0 Å². The number of halogens is 2. The summed E-state index contributed by atoms with van der Waals surface area (Å²) >= 11 is 3.45. The summed E-state index contributed by atoms with van der Waals surface area (Å²) in [4.78, 5) is 20.5. The average molecular weight is 351 g/mol. The van der Waals surface area contributed by atoms with Crippen LogP contribution in [-0.2, 0) is 0 Å². The van der Waals surface area contributed by atoms with Gasteiger partial charge in [0.05, 0.1) is 29.0 Å². The summed E-state index contributed by atoms with van der Waals surface area (Å²) in [6.45, 7) is 1.91. The average Bonchev–Trinajstić information content (AvgIpc) is 2.78. The zero-order valence-electron chi connectivity index (χ0n) is 11.1. The van der Waals surface area contributed by atoms with Crippen molar-refractivity contribution in [1.29, 1.82) is 0 Å². The Morgan fingerprint density at radius 3 is 2.67 bits per heavy atom. The molecule has 1 aromatic carbocycles. The molecule has 3 aromatic rings. The van der Waals surface area contributed by atoms with Crippen molar-refractivity contribution in [3.05, 3.63) is 56.9 Å². The Kier molecular flexibility index (Phi) is 3.50. The van der Waals surface area contributed by atoms with Gasteiger partial charge in [-0.25, -0.2) is 9.18 Å². The fourth-order valence-corrected chi connectivity index (χ4v) is 2.61. The molecule has 1 unspecified atom stereocenters. The lowest BCUT2D eigenvalue weighted by atomic mass is 10.1. The van der Waals surface area contributed by atoms with Gasteiger partial charge >= 0.3 is 5.69 Å². The Morgan fingerprint density at radius 2 is 1.95 bits per heavy atom. The molecule has 0 aliphatic heterocycles. The highest BCUT2D eigenvalue weighted by Crippen LogP contribution is 2.29. The number of nitrogens with one attached hydrogen (secondary N) is 3. The van der Waals surface area contributed by atoms with Gasteiger partial charge in [0.15, 0.2) is 0 Å². The van der Waals surface area contributed by atoms with E-state index >= 15 is 0 Å². The number of pyridine rings is 1. The fraction of sp³-hybridized carbons (Fsp3) is 0.143.